The fourth-order valence-corrected chi connectivity index (χ4v) is 5.96. The van der Waals surface area contributed by atoms with E-state index in [1.54, 1.807) is 36.5 Å². The number of hydrogen-bond donors (Lipinski definition) is 1. The summed E-state index contributed by atoms with van der Waals surface area (Å²) in [6, 6.07) is 5.91. The minimum atomic E-state index is -1.00. The Labute approximate surface area is 210 Å². The molecule has 0 radical (unpaired) electrons. The van der Waals surface area contributed by atoms with Crippen molar-refractivity contribution in [3.8, 4) is 0 Å². The Morgan fingerprint density at radius 3 is 2.21 bits per heavy atom. The Morgan fingerprint density at radius 2 is 1.65 bits per heavy atom. The summed E-state index contributed by atoms with van der Waals surface area (Å²) in [4.78, 5) is 12.6. The van der Waals surface area contributed by atoms with Crippen LogP contribution in [0.3, 0.4) is 0 Å². The highest BCUT2D eigenvalue weighted by molar-refractivity contribution is 7.34. The van der Waals surface area contributed by atoms with E-state index in [-0.39, 0.29) is 5.97 Å². The van der Waals surface area contributed by atoms with Gasteiger partial charge in [-0.3, -0.25) is 0 Å². The maximum atomic E-state index is 12.6. The van der Waals surface area contributed by atoms with E-state index in [9.17, 15) is 9.90 Å². The van der Waals surface area contributed by atoms with Gasteiger partial charge in [-0.25, -0.2) is 4.79 Å². The molecule has 3 heterocycles. The van der Waals surface area contributed by atoms with Gasteiger partial charge in [-0.2, -0.15) is 0 Å². The summed E-state index contributed by atoms with van der Waals surface area (Å²) in [7, 11) is 1.26. The van der Waals surface area contributed by atoms with Crippen molar-refractivity contribution in [1.82, 2.24) is 0 Å². The van der Waals surface area contributed by atoms with Crippen molar-refractivity contribution < 1.29 is 28.6 Å². The summed E-state index contributed by atoms with van der Waals surface area (Å²) in [5, 5.41) is 12.2. The van der Waals surface area contributed by atoms with Crippen molar-refractivity contribution in [2.45, 2.75) is 77.8 Å². The van der Waals surface area contributed by atoms with E-state index < -0.39 is 29.5 Å². The Morgan fingerprint density at radius 1 is 1.03 bits per heavy atom. The molecule has 0 spiro atoms. The van der Waals surface area contributed by atoms with Crippen LogP contribution < -0.4 is 9.55 Å². The molecule has 1 fully saturated rings. The van der Waals surface area contributed by atoms with Gasteiger partial charge in [-0.05, 0) is 79.0 Å². The number of methoxy groups -OCH3 is 1. The fraction of sp³-hybridized carbons (Fsp3) is 0.542. The quantitative estimate of drug-likeness (QED) is 0.409. The normalized spacial score (nSPS) is 18.1. The van der Waals surface area contributed by atoms with Crippen molar-refractivity contribution in [2.75, 3.05) is 7.11 Å². The van der Waals surface area contributed by atoms with E-state index >= 15 is 0 Å². The van der Waals surface area contributed by atoms with Crippen molar-refractivity contribution in [3.05, 3.63) is 23.8 Å². The first kappa shape index (κ1) is 25.7. The molecule has 0 amide bonds. The molecular weight excluding hydrogens is 470 g/mol. The summed E-state index contributed by atoms with van der Waals surface area (Å²) in [5.74, 6) is -0.377. The molecule has 4 rings (SSSR count). The Balaban J connectivity index is 1.77. The van der Waals surface area contributed by atoms with E-state index in [1.165, 1.54) is 7.11 Å². The average molecular weight is 502 g/mol. The van der Waals surface area contributed by atoms with Crippen LogP contribution in [0.5, 0.6) is 0 Å². The van der Waals surface area contributed by atoms with Crippen molar-refractivity contribution in [2.24, 2.45) is 0 Å². The third-order valence-corrected chi connectivity index (χ3v) is 9.74. The fourth-order valence-electron chi connectivity index (χ4n) is 3.61. The zero-order valence-electron chi connectivity index (χ0n) is 21.3. The lowest BCUT2D eigenvalue weighted by Gasteiger charge is -2.37. The molecular formula is C24H32B2O6S2. The zero-order chi connectivity index (χ0) is 25.3. The maximum absolute atomic E-state index is 12.6. The zero-order valence-corrected chi connectivity index (χ0v) is 23.0. The largest absolute Gasteiger partial charge is 0.505 e. The Kier molecular flexibility index (Phi) is 6.28. The van der Waals surface area contributed by atoms with Crippen LogP contribution in [-0.2, 0) is 18.7 Å². The van der Waals surface area contributed by atoms with Crippen LogP contribution in [0, 0.1) is 0 Å². The van der Waals surface area contributed by atoms with Crippen LogP contribution in [0.25, 0.3) is 20.2 Å². The molecule has 0 aliphatic carbocycles. The minimum absolute atomic E-state index is 0.327. The van der Waals surface area contributed by atoms with Crippen LogP contribution in [0.1, 0.15) is 65.7 Å². The molecule has 1 aromatic carbocycles. The van der Waals surface area contributed by atoms with E-state index in [4.69, 9.17) is 18.7 Å². The molecule has 10 heteroatoms. The molecule has 0 saturated carbocycles. The summed E-state index contributed by atoms with van der Waals surface area (Å²) in [6.45, 7) is 15.4. The van der Waals surface area contributed by atoms with E-state index in [1.807, 2.05) is 59.7 Å². The molecule has 2 aromatic heterocycles. The maximum Gasteiger partial charge on any atom is 0.505 e. The number of benzene rings is 1. The molecule has 34 heavy (non-hydrogen) atoms. The predicted molar refractivity (Wildman–Crippen MR) is 143 cm³/mol. The van der Waals surface area contributed by atoms with Crippen molar-refractivity contribution in [3.63, 3.8) is 0 Å². The SMILES string of the molecule is COC(=O)c1cc2cc(B3OC(C)(C)C(C)(C)O3)sc2c2sc(BOC(C)(C)C(C)(C)O)cc12. The van der Waals surface area contributed by atoms with E-state index in [2.05, 4.69) is 0 Å². The highest BCUT2D eigenvalue weighted by Crippen LogP contribution is 2.39. The van der Waals surface area contributed by atoms with Gasteiger partial charge in [0.25, 0.3) is 0 Å². The van der Waals surface area contributed by atoms with Crippen LogP contribution in [0.15, 0.2) is 18.2 Å². The van der Waals surface area contributed by atoms with Crippen LogP contribution in [-0.4, -0.2) is 55.2 Å². The molecule has 182 valence electrons. The van der Waals surface area contributed by atoms with Crippen molar-refractivity contribution >= 4 is 73.0 Å². The summed E-state index contributed by atoms with van der Waals surface area (Å²) in [6.07, 6.45) is 0. The van der Waals surface area contributed by atoms with Crippen LogP contribution in [0.2, 0.25) is 0 Å². The number of ether oxygens (including phenoxy) is 1. The predicted octanol–water partition coefficient (Wildman–Crippen LogP) is 3.74. The van der Waals surface area contributed by atoms with Crippen LogP contribution in [0.4, 0.5) is 0 Å². The van der Waals surface area contributed by atoms with Gasteiger partial charge in [0, 0.05) is 14.9 Å². The first-order valence-electron chi connectivity index (χ1n) is 11.4. The number of thiophene rings is 2. The first-order valence-corrected chi connectivity index (χ1v) is 13.0. The topological polar surface area (TPSA) is 74.2 Å². The number of carbonyl (C=O) groups is 1. The Bertz CT molecular complexity index is 1240. The number of carbonyl (C=O) groups excluding carboxylic acids is 1. The molecule has 3 aromatic rings. The van der Waals surface area contributed by atoms with Crippen molar-refractivity contribution in [1.29, 1.82) is 0 Å². The van der Waals surface area contributed by atoms with Gasteiger partial charge >= 0.3 is 20.6 Å². The Hall–Kier alpha value is -1.42. The number of hydrogen-bond acceptors (Lipinski definition) is 8. The van der Waals surface area contributed by atoms with Gasteiger partial charge in [-0.15, -0.1) is 22.7 Å². The second-order valence-electron chi connectivity index (χ2n) is 10.9. The number of rotatable bonds is 6. The lowest BCUT2D eigenvalue weighted by atomic mass is 9.86. The van der Waals surface area contributed by atoms with Gasteiger partial charge in [-0.1, -0.05) is 0 Å². The molecule has 1 aliphatic heterocycles. The highest BCUT2D eigenvalue weighted by Gasteiger charge is 2.52. The monoisotopic (exact) mass is 502 g/mol. The average Bonchev–Trinajstić information content (AvgIpc) is 3.38. The minimum Gasteiger partial charge on any atom is -0.465 e. The molecule has 1 saturated heterocycles. The molecule has 0 atom stereocenters. The third kappa shape index (κ3) is 4.33. The molecule has 6 nitrogen and oxygen atoms in total. The summed E-state index contributed by atoms with van der Waals surface area (Å²) in [5.41, 5.74) is -2.08. The third-order valence-electron chi connectivity index (χ3n) is 7.30. The number of fused-ring (bicyclic) bond motifs is 3. The second-order valence-corrected chi connectivity index (χ2v) is 13.1. The van der Waals surface area contributed by atoms with Gasteiger partial charge in [0.05, 0.1) is 44.5 Å². The van der Waals surface area contributed by atoms with E-state index in [0.717, 1.165) is 29.7 Å². The van der Waals surface area contributed by atoms with Gasteiger partial charge in [0.15, 0.2) is 0 Å². The van der Waals surface area contributed by atoms with Crippen LogP contribution >= 0.6 is 22.7 Å². The smallest absolute Gasteiger partial charge is 0.465 e. The lowest BCUT2D eigenvalue weighted by Crippen LogP contribution is -2.49. The standard InChI is InChI=1S/C24H32B2O6S2/c1-21(2,28)22(3,4)30-25-16-12-14-15(20(27)29-9)10-13-11-17(34-18(13)19(14)33-16)26-31-23(5,6)24(7,8)32-26/h10-12,25,28H,1-9H3. The molecule has 1 N–H and O–H groups in total. The highest BCUT2D eigenvalue weighted by atomic mass is 32.1. The van der Waals surface area contributed by atoms with Gasteiger partial charge in [0.2, 0.25) is 0 Å². The van der Waals surface area contributed by atoms with E-state index in [0.29, 0.717) is 13.0 Å². The summed E-state index contributed by atoms with van der Waals surface area (Å²) < 4.78 is 27.7. The first-order chi connectivity index (χ1) is 15.6. The molecule has 0 unspecified atom stereocenters. The van der Waals surface area contributed by atoms with Gasteiger partial charge in [0.1, 0.15) is 0 Å². The summed E-state index contributed by atoms with van der Waals surface area (Å²) >= 11 is 3.21. The molecule has 0 bridgehead atoms. The number of esters is 1. The number of aliphatic hydroxyl groups is 1. The molecule has 1 aliphatic rings. The lowest BCUT2D eigenvalue weighted by molar-refractivity contribution is -0.0892. The second kappa shape index (κ2) is 8.32. The van der Waals surface area contributed by atoms with Gasteiger partial charge < -0.3 is 23.8 Å².